The molecule has 0 bridgehead atoms. The second-order valence-electron chi connectivity index (χ2n) is 6.69. The summed E-state index contributed by atoms with van der Waals surface area (Å²) >= 11 is 0. The van der Waals surface area contributed by atoms with Crippen LogP contribution < -0.4 is 15.5 Å². The Bertz CT molecular complexity index is 822. The van der Waals surface area contributed by atoms with E-state index in [2.05, 4.69) is 16.7 Å². The molecule has 3 rings (SSSR count). The number of hydrogen-bond acceptors (Lipinski definition) is 4. The fourth-order valence-corrected chi connectivity index (χ4v) is 3.27. The Morgan fingerprint density at radius 1 is 1.19 bits per heavy atom. The van der Waals surface area contributed by atoms with Crippen molar-refractivity contribution in [1.82, 2.24) is 5.32 Å². The van der Waals surface area contributed by atoms with Crippen molar-refractivity contribution in [2.24, 2.45) is 0 Å². The van der Waals surface area contributed by atoms with Gasteiger partial charge >= 0.3 is 0 Å². The summed E-state index contributed by atoms with van der Waals surface area (Å²) in [6, 6.07) is 15.2. The number of hydrogen-bond donors (Lipinski definition) is 2. The van der Waals surface area contributed by atoms with E-state index in [1.165, 1.54) is 5.56 Å². The Kier molecular flexibility index (Phi) is 6.08. The predicted octanol–water partition coefficient (Wildman–Crippen LogP) is 2.45. The standard InChI is InChI=1S/C21H25N3O3/c1-15(14-27-2)23-20(25)13-22-18-8-5-7-17(12-18)21(26)24-11-10-16-6-3-4-9-19(16)24/h3-9,12,15,22H,10-11,13-14H2,1-2H3,(H,23,25). The maximum Gasteiger partial charge on any atom is 0.258 e. The third-order valence-corrected chi connectivity index (χ3v) is 4.52. The first-order chi connectivity index (χ1) is 13.1. The van der Waals surface area contributed by atoms with Crippen LogP contribution in [0.1, 0.15) is 22.8 Å². The lowest BCUT2D eigenvalue weighted by Crippen LogP contribution is -2.39. The predicted molar refractivity (Wildman–Crippen MR) is 106 cm³/mol. The van der Waals surface area contributed by atoms with Gasteiger partial charge in [-0.3, -0.25) is 9.59 Å². The van der Waals surface area contributed by atoms with Crippen LogP contribution >= 0.6 is 0 Å². The molecule has 2 amide bonds. The maximum atomic E-state index is 12.9. The van der Waals surface area contributed by atoms with E-state index in [9.17, 15) is 9.59 Å². The van der Waals surface area contributed by atoms with Gasteiger partial charge in [-0.05, 0) is 43.2 Å². The average molecular weight is 367 g/mol. The van der Waals surface area contributed by atoms with Crippen molar-refractivity contribution >= 4 is 23.2 Å². The average Bonchev–Trinajstić information content (AvgIpc) is 3.10. The molecule has 0 saturated heterocycles. The van der Waals surface area contributed by atoms with E-state index in [0.717, 1.165) is 17.8 Å². The fraction of sp³-hybridized carbons (Fsp3) is 0.333. The van der Waals surface area contributed by atoms with Gasteiger partial charge in [-0.25, -0.2) is 0 Å². The van der Waals surface area contributed by atoms with Gasteiger partial charge in [-0.1, -0.05) is 24.3 Å². The van der Waals surface area contributed by atoms with Crippen LogP contribution in [0.2, 0.25) is 0 Å². The number of fused-ring (bicyclic) bond motifs is 1. The van der Waals surface area contributed by atoms with Gasteiger partial charge in [0.25, 0.3) is 5.91 Å². The zero-order valence-corrected chi connectivity index (χ0v) is 15.7. The van der Waals surface area contributed by atoms with Crippen molar-refractivity contribution in [3.63, 3.8) is 0 Å². The van der Waals surface area contributed by atoms with Crippen molar-refractivity contribution in [2.75, 3.05) is 37.0 Å². The zero-order valence-electron chi connectivity index (χ0n) is 15.7. The van der Waals surface area contributed by atoms with E-state index in [-0.39, 0.29) is 24.4 Å². The van der Waals surface area contributed by atoms with E-state index in [4.69, 9.17) is 4.74 Å². The number of rotatable bonds is 7. The summed E-state index contributed by atoms with van der Waals surface area (Å²) in [6.07, 6.45) is 0.875. The summed E-state index contributed by atoms with van der Waals surface area (Å²) in [5.74, 6) is -0.147. The molecule has 0 radical (unpaired) electrons. The van der Waals surface area contributed by atoms with Crippen molar-refractivity contribution in [1.29, 1.82) is 0 Å². The van der Waals surface area contributed by atoms with Gasteiger partial charge in [-0.2, -0.15) is 0 Å². The highest BCUT2D eigenvalue weighted by Gasteiger charge is 2.25. The Balaban J connectivity index is 1.62. The van der Waals surface area contributed by atoms with Crippen LogP contribution in [0.25, 0.3) is 0 Å². The molecule has 0 fully saturated rings. The summed E-state index contributed by atoms with van der Waals surface area (Å²) in [5, 5.41) is 5.92. The Morgan fingerprint density at radius 3 is 2.81 bits per heavy atom. The first-order valence-electron chi connectivity index (χ1n) is 9.10. The van der Waals surface area contributed by atoms with Gasteiger partial charge < -0.3 is 20.3 Å². The number of nitrogens with one attached hydrogen (secondary N) is 2. The summed E-state index contributed by atoms with van der Waals surface area (Å²) in [4.78, 5) is 26.7. The number of carbonyl (C=O) groups excluding carboxylic acids is 2. The summed E-state index contributed by atoms with van der Waals surface area (Å²) < 4.78 is 5.01. The molecule has 0 aromatic heterocycles. The molecule has 6 heteroatoms. The number of ether oxygens (including phenoxy) is 1. The summed E-state index contributed by atoms with van der Waals surface area (Å²) in [6.45, 7) is 3.18. The lowest BCUT2D eigenvalue weighted by atomic mass is 10.1. The molecule has 1 aliphatic rings. The minimum atomic E-state index is -0.121. The van der Waals surface area contributed by atoms with Gasteiger partial charge in [0.15, 0.2) is 0 Å². The Hall–Kier alpha value is -2.86. The Labute approximate surface area is 159 Å². The number of benzene rings is 2. The van der Waals surface area contributed by atoms with E-state index in [1.807, 2.05) is 42.2 Å². The van der Waals surface area contributed by atoms with E-state index < -0.39 is 0 Å². The lowest BCUT2D eigenvalue weighted by molar-refractivity contribution is -0.120. The number of carbonyl (C=O) groups is 2. The molecule has 1 unspecified atom stereocenters. The van der Waals surface area contributed by atoms with Crippen LogP contribution in [0, 0.1) is 0 Å². The smallest absolute Gasteiger partial charge is 0.258 e. The third-order valence-electron chi connectivity index (χ3n) is 4.52. The minimum Gasteiger partial charge on any atom is -0.383 e. The molecule has 27 heavy (non-hydrogen) atoms. The zero-order chi connectivity index (χ0) is 19.2. The number of anilines is 2. The van der Waals surface area contributed by atoms with E-state index in [0.29, 0.717) is 18.7 Å². The van der Waals surface area contributed by atoms with Crippen LogP contribution in [0.15, 0.2) is 48.5 Å². The first kappa shape index (κ1) is 18.9. The number of methoxy groups -OCH3 is 1. The highest BCUT2D eigenvalue weighted by molar-refractivity contribution is 6.07. The molecule has 0 aliphatic carbocycles. The largest absolute Gasteiger partial charge is 0.383 e. The SMILES string of the molecule is COCC(C)NC(=O)CNc1cccc(C(=O)N2CCc3ccccc32)c1. The molecule has 1 atom stereocenters. The highest BCUT2D eigenvalue weighted by Crippen LogP contribution is 2.29. The summed E-state index contributed by atoms with van der Waals surface area (Å²) in [5.41, 5.74) is 3.52. The number of amides is 2. The number of nitrogens with zero attached hydrogens (tertiary/aromatic N) is 1. The highest BCUT2D eigenvalue weighted by atomic mass is 16.5. The van der Waals surface area contributed by atoms with Crippen LogP contribution in [0.4, 0.5) is 11.4 Å². The molecule has 142 valence electrons. The topological polar surface area (TPSA) is 70.7 Å². The maximum absolute atomic E-state index is 12.9. The van der Waals surface area contributed by atoms with Crippen LogP contribution in [0.3, 0.4) is 0 Å². The molecule has 2 N–H and O–H groups in total. The molecular formula is C21H25N3O3. The van der Waals surface area contributed by atoms with Crippen LogP contribution in [-0.2, 0) is 16.0 Å². The van der Waals surface area contributed by atoms with Gasteiger partial charge in [0.1, 0.15) is 0 Å². The molecule has 1 heterocycles. The van der Waals surface area contributed by atoms with Crippen molar-refractivity contribution in [3.8, 4) is 0 Å². The first-order valence-corrected chi connectivity index (χ1v) is 9.10. The monoisotopic (exact) mass is 367 g/mol. The third kappa shape index (κ3) is 4.65. The van der Waals surface area contributed by atoms with Gasteiger partial charge in [0.05, 0.1) is 13.2 Å². The molecule has 2 aromatic carbocycles. The van der Waals surface area contributed by atoms with Gasteiger partial charge in [0.2, 0.25) is 5.91 Å². The quantitative estimate of drug-likeness (QED) is 0.789. The van der Waals surface area contributed by atoms with Gasteiger partial charge in [0, 0.05) is 36.6 Å². The molecule has 6 nitrogen and oxygen atoms in total. The van der Waals surface area contributed by atoms with Crippen molar-refractivity contribution in [2.45, 2.75) is 19.4 Å². The second-order valence-corrected chi connectivity index (χ2v) is 6.69. The number of para-hydroxylation sites is 1. The molecule has 0 spiro atoms. The van der Waals surface area contributed by atoms with E-state index >= 15 is 0 Å². The second kappa shape index (κ2) is 8.68. The molecular weight excluding hydrogens is 342 g/mol. The lowest BCUT2D eigenvalue weighted by Gasteiger charge is -2.18. The molecule has 2 aromatic rings. The van der Waals surface area contributed by atoms with E-state index in [1.54, 1.807) is 19.2 Å². The molecule has 1 aliphatic heterocycles. The van der Waals surface area contributed by atoms with Gasteiger partial charge in [-0.15, -0.1) is 0 Å². The normalized spacial score (nSPS) is 13.8. The Morgan fingerprint density at radius 2 is 2.00 bits per heavy atom. The minimum absolute atomic E-state index is 0.0261. The summed E-state index contributed by atoms with van der Waals surface area (Å²) in [7, 11) is 1.60. The van der Waals surface area contributed by atoms with Crippen molar-refractivity contribution < 1.29 is 14.3 Å². The van der Waals surface area contributed by atoms with Crippen LogP contribution in [-0.4, -0.2) is 44.7 Å². The fourth-order valence-electron chi connectivity index (χ4n) is 3.27. The van der Waals surface area contributed by atoms with Crippen LogP contribution in [0.5, 0.6) is 0 Å². The van der Waals surface area contributed by atoms with Crippen molar-refractivity contribution in [3.05, 3.63) is 59.7 Å². The molecule has 0 saturated carbocycles.